The molecule has 4 aromatic rings. The third kappa shape index (κ3) is 7.49. The molecule has 0 bridgehead atoms. The zero-order valence-electron chi connectivity index (χ0n) is 25.7. The first-order valence-electron chi connectivity index (χ1n) is 15.6. The SMILES string of the molecule is O=C(CC1(c2ccc(-c3ccc(-c4cnco4)cc3)s2)CCN(C(=O)[C@@H](O)Cc2ccccc2)CCS1(=O)=O)NOC1CCCCO1. The van der Waals surface area contributed by atoms with Gasteiger partial charge >= 0.3 is 0 Å². The van der Waals surface area contributed by atoms with E-state index in [1.54, 1.807) is 12.3 Å². The Morgan fingerprint density at radius 2 is 1.85 bits per heavy atom. The molecule has 2 aromatic carbocycles. The summed E-state index contributed by atoms with van der Waals surface area (Å²) >= 11 is 1.30. The van der Waals surface area contributed by atoms with Gasteiger partial charge in [0.05, 0.1) is 18.4 Å². The standard InChI is InChI=1S/C34H37N3O8S2/c38-27(20-24-6-2-1-3-7-24)33(40)37-16-15-34(47(41,42)19-17-37,21-31(39)36-45-32-8-4-5-18-43-32)30-14-13-29(46-30)26-11-9-25(10-12-26)28-22-35-23-44-28/h1-3,6-7,9-14,22-23,27,32,38H,4-5,8,15-21H2,(H,36,39)/t27-,32?,34?/m0/s1. The van der Waals surface area contributed by atoms with E-state index in [0.717, 1.165) is 34.4 Å². The highest BCUT2D eigenvalue weighted by atomic mass is 32.2. The predicted octanol–water partition coefficient (Wildman–Crippen LogP) is 4.48. The number of hydroxylamine groups is 1. The van der Waals surface area contributed by atoms with Gasteiger partial charge in [0.1, 0.15) is 10.9 Å². The molecule has 2 saturated heterocycles. The van der Waals surface area contributed by atoms with Crippen LogP contribution < -0.4 is 5.48 Å². The highest BCUT2D eigenvalue weighted by Crippen LogP contribution is 2.45. The van der Waals surface area contributed by atoms with Crippen LogP contribution >= 0.6 is 11.3 Å². The van der Waals surface area contributed by atoms with E-state index in [4.69, 9.17) is 14.0 Å². The van der Waals surface area contributed by atoms with Crippen LogP contribution in [0.4, 0.5) is 0 Å². The number of rotatable bonds is 10. The van der Waals surface area contributed by atoms with Crippen molar-refractivity contribution in [2.75, 3.05) is 25.4 Å². The molecule has 2 amide bonds. The summed E-state index contributed by atoms with van der Waals surface area (Å²) in [5, 5.41) is 10.8. The number of amides is 2. The van der Waals surface area contributed by atoms with Crippen LogP contribution in [0.2, 0.25) is 0 Å². The van der Waals surface area contributed by atoms with Crippen molar-refractivity contribution >= 4 is 33.0 Å². The number of benzene rings is 2. The van der Waals surface area contributed by atoms with Crippen LogP contribution in [0.5, 0.6) is 0 Å². The predicted molar refractivity (Wildman–Crippen MR) is 176 cm³/mol. The third-order valence-corrected chi connectivity index (χ3v) is 12.7. The summed E-state index contributed by atoms with van der Waals surface area (Å²) in [6.07, 6.45) is 3.18. The summed E-state index contributed by atoms with van der Waals surface area (Å²) in [7, 11) is -4.00. The summed E-state index contributed by atoms with van der Waals surface area (Å²) in [6, 6.07) is 20.4. The molecule has 0 spiro atoms. The van der Waals surface area contributed by atoms with Crippen molar-refractivity contribution in [3.05, 3.63) is 89.8 Å². The van der Waals surface area contributed by atoms with Crippen LogP contribution in [0.3, 0.4) is 0 Å². The fourth-order valence-corrected chi connectivity index (χ4v) is 9.66. The van der Waals surface area contributed by atoms with Crippen molar-refractivity contribution in [1.82, 2.24) is 15.4 Å². The van der Waals surface area contributed by atoms with E-state index in [1.165, 1.54) is 22.6 Å². The molecule has 2 aliphatic rings. The first-order valence-corrected chi connectivity index (χ1v) is 18.1. The van der Waals surface area contributed by atoms with Crippen LogP contribution in [0.25, 0.3) is 21.8 Å². The minimum Gasteiger partial charge on any atom is -0.444 e. The van der Waals surface area contributed by atoms with Crippen molar-refractivity contribution in [2.24, 2.45) is 0 Å². The fraction of sp³-hybridized carbons (Fsp3) is 0.382. The van der Waals surface area contributed by atoms with Crippen LogP contribution in [0.1, 0.15) is 42.5 Å². The molecule has 47 heavy (non-hydrogen) atoms. The Balaban J connectivity index is 1.26. The summed E-state index contributed by atoms with van der Waals surface area (Å²) in [5.74, 6) is -0.874. The zero-order valence-corrected chi connectivity index (χ0v) is 27.4. The zero-order chi connectivity index (χ0) is 32.9. The molecule has 2 aromatic heterocycles. The van der Waals surface area contributed by atoms with Gasteiger partial charge in [0.2, 0.25) is 5.91 Å². The first kappa shape index (κ1) is 33.0. The second-order valence-corrected chi connectivity index (χ2v) is 15.3. The smallest absolute Gasteiger partial charge is 0.251 e. The molecule has 6 rings (SSSR count). The molecule has 2 fully saturated rings. The minimum absolute atomic E-state index is 0.0309. The van der Waals surface area contributed by atoms with Gasteiger partial charge in [0.25, 0.3) is 5.91 Å². The van der Waals surface area contributed by atoms with Crippen molar-refractivity contribution in [3.8, 4) is 21.8 Å². The Bertz CT molecular complexity index is 1750. The number of aliphatic hydroxyl groups is 1. The van der Waals surface area contributed by atoms with Gasteiger partial charge in [0, 0.05) is 47.9 Å². The van der Waals surface area contributed by atoms with Gasteiger partial charge in [-0.25, -0.2) is 23.7 Å². The monoisotopic (exact) mass is 679 g/mol. The summed E-state index contributed by atoms with van der Waals surface area (Å²) in [5.41, 5.74) is 4.95. The molecule has 11 nitrogen and oxygen atoms in total. The van der Waals surface area contributed by atoms with E-state index in [2.05, 4.69) is 10.5 Å². The van der Waals surface area contributed by atoms with Gasteiger partial charge in [0.15, 0.2) is 28.3 Å². The lowest BCUT2D eigenvalue weighted by molar-refractivity contribution is -0.200. The van der Waals surface area contributed by atoms with Crippen LogP contribution in [0, 0.1) is 0 Å². The van der Waals surface area contributed by atoms with Gasteiger partial charge in [-0.2, -0.15) is 0 Å². The number of hydrogen-bond donors (Lipinski definition) is 2. The first-order chi connectivity index (χ1) is 22.7. The number of oxazole rings is 1. The Kier molecular flexibility index (Phi) is 10.2. The maximum absolute atomic E-state index is 14.3. The minimum atomic E-state index is -4.00. The number of nitrogens with zero attached hydrogens (tertiary/aromatic N) is 2. The maximum atomic E-state index is 14.3. The molecule has 0 saturated carbocycles. The number of hydrogen-bond acceptors (Lipinski definition) is 10. The van der Waals surface area contributed by atoms with E-state index in [1.807, 2.05) is 60.7 Å². The molecule has 2 N–H and O–H groups in total. The molecule has 248 valence electrons. The highest BCUT2D eigenvalue weighted by Gasteiger charge is 2.50. The third-order valence-electron chi connectivity index (χ3n) is 8.71. The molecular weight excluding hydrogens is 643 g/mol. The Morgan fingerprint density at radius 3 is 2.57 bits per heavy atom. The summed E-state index contributed by atoms with van der Waals surface area (Å²) in [4.78, 5) is 39.0. The van der Waals surface area contributed by atoms with Crippen molar-refractivity contribution in [3.63, 3.8) is 0 Å². The molecule has 0 aliphatic carbocycles. The Morgan fingerprint density at radius 1 is 1.06 bits per heavy atom. The lowest BCUT2D eigenvalue weighted by Crippen LogP contribution is -2.43. The van der Waals surface area contributed by atoms with Crippen LogP contribution in [0.15, 0.2) is 83.7 Å². The molecule has 13 heteroatoms. The molecular formula is C34H37N3O8S2. The number of thiophene rings is 1. The van der Waals surface area contributed by atoms with Crippen molar-refractivity contribution in [1.29, 1.82) is 0 Å². The number of carbonyl (C=O) groups excluding carboxylic acids is 2. The Hall–Kier alpha value is -3.88. The lowest BCUT2D eigenvalue weighted by atomic mass is 9.97. The molecule has 2 aliphatic heterocycles. The largest absolute Gasteiger partial charge is 0.444 e. The number of carbonyl (C=O) groups is 2. The molecule has 2 unspecified atom stereocenters. The van der Waals surface area contributed by atoms with Gasteiger partial charge in [-0.3, -0.25) is 9.59 Å². The van der Waals surface area contributed by atoms with Crippen LogP contribution in [-0.4, -0.2) is 73.1 Å². The second kappa shape index (κ2) is 14.5. The van der Waals surface area contributed by atoms with E-state index >= 15 is 0 Å². The lowest BCUT2D eigenvalue weighted by Gasteiger charge is -2.31. The van der Waals surface area contributed by atoms with Gasteiger partial charge in [-0.05, 0) is 42.5 Å². The average molecular weight is 680 g/mol. The quantitative estimate of drug-likeness (QED) is 0.232. The number of aliphatic hydroxyl groups excluding tert-OH is 1. The number of nitrogens with one attached hydrogen (secondary N) is 1. The van der Waals surface area contributed by atoms with Crippen LogP contribution in [-0.2, 0) is 40.2 Å². The van der Waals surface area contributed by atoms with E-state index in [-0.39, 0.29) is 31.7 Å². The maximum Gasteiger partial charge on any atom is 0.251 e. The fourth-order valence-electron chi connectivity index (χ4n) is 6.05. The topological polar surface area (TPSA) is 148 Å². The highest BCUT2D eigenvalue weighted by molar-refractivity contribution is 7.92. The van der Waals surface area contributed by atoms with E-state index in [0.29, 0.717) is 23.7 Å². The number of ether oxygens (including phenoxy) is 1. The average Bonchev–Trinajstić information content (AvgIpc) is 3.79. The Labute approximate surface area is 277 Å². The van der Waals surface area contributed by atoms with Gasteiger partial charge in [-0.1, -0.05) is 54.6 Å². The number of aromatic nitrogens is 1. The van der Waals surface area contributed by atoms with Crippen molar-refractivity contribution < 1.29 is 37.1 Å². The van der Waals surface area contributed by atoms with Crippen molar-refractivity contribution in [2.45, 2.75) is 55.7 Å². The molecule has 4 heterocycles. The number of sulfone groups is 1. The van der Waals surface area contributed by atoms with E-state index in [9.17, 15) is 23.1 Å². The van der Waals surface area contributed by atoms with E-state index < -0.39 is 45.2 Å². The normalized spacial score (nSPS) is 21.9. The summed E-state index contributed by atoms with van der Waals surface area (Å²) in [6.45, 7) is 0.475. The molecule has 0 radical (unpaired) electrons. The van der Waals surface area contributed by atoms with Gasteiger partial charge < -0.3 is 19.2 Å². The second-order valence-electron chi connectivity index (χ2n) is 11.8. The molecule has 3 atom stereocenters. The van der Waals surface area contributed by atoms with Gasteiger partial charge in [-0.15, -0.1) is 11.3 Å². The summed E-state index contributed by atoms with van der Waals surface area (Å²) < 4.78 is 37.8.